The van der Waals surface area contributed by atoms with Crippen molar-refractivity contribution in [2.75, 3.05) is 30.5 Å². The Morgan fingerprint density at radius 2 is 1.95 bits per heavy atom. The van der Waals surface area contributed by atoms with Crippen molar-refractivity contribution in [1.29, 1.82) is 0 Å². The van der Waals surface area contributed by atoms with Gasteiger partial charge < -0.3 is 9.64 Å². The molecule has 2 atom stereocenters. The second kappa shape index (κ2) is 14.1. The summed E-state index contributed by atoms with van der Waals surface area (Å²) >= 11 is 0. The van der Waals surface area contributed by atoms with Crippen LogP contribution in [0.5, 0.6) is 0 Å². The normalized spacial score (nSPS) is 18.4. The lowest BCUT2D eigenvalue weighted by Gasteiger charge is -2.30. The fourth-order valence-electron chi connectivity index (χ4n) is 5.13. The van der Waals surface area contributed by atoms with Gasteiger partial charge in [-0.05, 0) is 49.8 Å². The standard InChI is InChI=1S/C27H38FN7O4/c1-19-30-25(24(28)26(31-19)34(2)16-21-10-12-29-13-11-21)32-33-27(37)22(15-20-7-3-4-8-20)17-35(18-36)39-23-9-5-6-14-38-23/h10-13,18,20,22-23H,3-9,14-17H2,1-2H3,(H,33,37)(H,30,31,32)/t22-,23?/m0/s1. The van der Waals surface area contributed by atoms with Crippen LogP contribution in [0.3, 0.4) is 0 Å². The van der Waals surface area contributed by atoms with Crippen LogP contribution in [0.2, 0.25) is 0 Å². The number of ether oxygens (including phenoxy) is 1. The van der Waals surface area contributed by atoms with Crippen molar-refractivity contribution in [3.63, 3.8) is 0 Å². The molecular formula is C27H38FN7O4. The molecule has 0 bridgehead atoms. The Balaban J connectivity index is 1.42. The molecule has 11 nitrogen and oxygen atoms in total. The lowest BCUT2D eigenvalue weighted by atomic mass is 9.92. The van der Waals surface area contributed by atoms with Crippen LogP contribution < -0.4 is 15.8 Å². The molecule has 2 aromatic heterocycles. The second-order valence-corrected chi connectivity index (χ2v) is 10.3. The van der Waals surface area contributed by atoms with E-state index in [9.17, 15) is 9.59 Å². The number of anilines is 2. The first-order chi connectivity index (χ1) is 18.9. The number of aromatic nitrogens is 3. The number of hydroxylamine groups is 2. The molecule has 39 heavy (non-hydrogen) atoms. The fourth-order valence-corrected chi connectivity index (χ4v) is 5.13. The number of pyridine rings is 1. The van der Waals surface area contributed by atoms with E-state index in [1.54, 1.807) is 31.3 Å². The van der Waals surface area contributed by atoms with Gasteiger partial charge in [0.15, 0.2) is 17.9 Å². The monoisotopic (exact) mass is 543 g/mol. The summed E-state index contributed by atoms with van der Waals surface area (Å²) in [5, 5.41) is 1.15. The Kier molecular flexibility index (Phi) is 10.4. The molecule has 0 radical (unpaired) electrons. The Morgan fingerprint density at radius 3 is 2.64 bits per heavy atom. The van der Waals surface area contributed by atoms with Gasteiger partial charge in [-0.15, -0.1) is 0 Å². The zero-order chi connectivity index (χ0) is 27.6. The van der Waals surface area contributed by atoms with Crippen LogP contribution in [0.15, 0.2) is 24.5 Å². The molecule has 2 fully saturated rings. The van der Waals surface area contributed by atoms with E-state index < -0.39 is 18.0 Å². The topological polar surface area (TPSA) is 122 Å². The SMILES string of the molecule is Cc1nc(NNC(=O)[C@@H](CC2CCCC2)CN(C=O)OC2CCCCO2)c(F)c(N(C)Cc2ccncc2)n1. The zero-order valence-corrected chi connectivity index (χ0v) is 22.6. The first-order valence-corrected chi connectivity index (χ1v) is 13.6. The minimum absolute atomic E-state index is 0.0680. The molecule has 4 rings (SSSR count). The number of rotatable bonds is 13. The smallest absolute Gasteiger partial charge is 0.243 e. The third-order valence-electron chi connectivity index (χ3n) is 7.15. The highest BCUT2D eigenvalue weighted by molar-refractivity contribution is 5.80. The summed E-state index contributed by atoms with van der Waals surface area (Å²) in [6.45, 7) is 2.72. The van der Waals surface area contributed by atoms with Crippen LogP contribution in [0.4, 0.5) is 16.0 Å². The Morgan fingerprint density at radius 1 is 1.21 bits per heavy atom. The van der Waals surface area contributed by atoms with Crippen molar-refractivity contribution in [2.24, 2.45) is 11.8 Å². The quantitative estimate of drug-likeness (QED) is 0.289. The largest absolute Gasteiger partial charge is 0.353 e. The summed E-state index contributed by atoms with van der Waals surface area (Å²) in [4.78, 5) is 44.9. The summed E-state index contributed by atoms with van der Waals surface area (Å²) in [6, 6.07) is 3.69. The van der Waals surface area contributed by atoms with Gasteiger partial charge in [0, 0.05) is 39.0 Å². The number of nitrogens with zero attached hydrogens (tertiary/aromatic N) is 5. The third kappa shape index (κ3) is 8.30. The van der Waals surface area contributed by atoms with E-state index in [0.29, 0.717) is 44.1 Å². The van der Waals surface area contributed by atoms with Crippen LogP contribution in [0.1, 0.15) is 62.8 Å². The van der Waals surface area contributed by atoms with Gasteiger partial charge >= 0.3 is 0 Å². The number of amides is 2. The fraction of sp³-hybridized carbons (Fsp3) is 0.593. The van der Waals surface area contributed by atoms with Gasteiger partial charge in [0.1, 0.15) is 5.82 Å². The van der Waals surface area contributed by atoms with Crippen LogP contribution in [-0.4, -0.2) is 58.8 Å². The molecule has 3 heterocycles. The molecule has 0 spiro atoms. The number of aryl methyl sites for hydroxylation is 1. The van der Waals surface area contributed by atoms with E-state index in [0.717, 1.165) is 49.2 Å². The van der Waals surface area contributed by atoms with Gasteiger partial charge in [-0.2, -0.15) is 4.39 Å². The zero-order valence-electron chi connectivity index (χ0n) is 22.6. The molecule has 2 aromatic rings. The van der Waals surface area contributed by atoms with Crippen molar-refractivity contribution in [2.45, 2.75) is 71.1 Å². The molecule has 1 saturated carbocycles. The third-order valence-corrected chi connectivity index (χ3v) is 7.15. The number of halogens is 1. The summed E-state index contributed by atoms with van der Waals surface area (Å²) < 4.78 is 21.0. The number of nitrogens with one attached hydrogen (secondary N) is 2. The van der Waals surface area contributed by atoms with E-state index in [1.807, 2.05) is 12.1 Å². The maximum absolute atomic E-state index is 15.4. The molecule has 0 aromatic carbocycles. The van der Waals surface area contributed by atoms with Crippen molar-refractivity contribution < 1.29 is 23.6 Å². The number of carbonyl (C=O) groups excluding carboxylic acids is 2. The van der Waals surface area contributed by atoms with Gasteiger partial charge in [0.25, 0.3) is 0 Å². The predicted molar refractivity (Wildman–Crippen MR) is 142 cm³/mol. The van der Waals surface area contributed by atoms with Crippen LogP contribution in [0, 0.1) is 24.6 Å². The van der Waals surface area contributed by atoms with Gasteiger partial charge in [0.05, 0.1) is 12.5 Å². The van der Waals surface area contributed by atoms with Crippen molar-refractivity contribution in [3.8, 4) is 0 Å². The minimum atomic E-state index is -0.683. The van der Waals surface area contributed by atoms with E-state index in [2.05, 4.69) is 25.8 Å². The molecule has 1 unspecified atom stereocenters. The lowest BCUT2D eigenvalue weighted by Crippen LogP contribution is -2.43. The average molecular weight is 544 g/mol. The van der Waals surface area contributed by atoms with Crippen molar-refractivity contribution in [3.05, 3.63) is 41.7 Å². The maximum Gasteiger partial charge on any atom is 0.243 e. The summed E-state index contributed by atoms with van der Waals surface area (Å²) in [7, 11) is 1.73. The molecular weight excluding hydrogens is 505 g/mol. The molecule has 212 valence electrons. The highest BCUT2D eigenvalue weighted by Crippen LogP contribution is 2.31. The number of carbonyl (C=O) groups is 2. The number of hydrogen-bond acceptors (Lipinski definition) is 9. The average Bonchev–Trinajstić information content (AvgIpc) is 3.46. The summed E-state index contributed by atoms with van der Waals surface area (Å²) in [5.74, 6) is -0.916. The molecule has 12 heteroatoms. The van der Waals surface area contributed by atoms with Gasteiger partial charge in [-0.25, -0.2) is 19.9 Å². The molecule has 2 amide bonds. The van der Waals surface area contributed by atoms with E-state index >= 15 is 4.39 Å². The Bertz CT molecular complexity index is 1080. The van der Waals surface area contributed by atoms with Gasteiger partial charge in [-0.1, -0.05) is 25.7 Å². The number of hydrogen-bond donors (Lipinski definition) is 2. The summed E-state index contributed by atoms with van der Waals surface area (Å²) in [6.07, 6.45) is 11.0. The molecule has 2 aliphatic rings. The first kappa shape index (κ1) is 28.6. The van der Waals surface area contributed by atoms with Crippen LogP contribution >= 0.6 is 0 Å². The van der Waals surface area contributed by atoms with E-state index in [1.165, 1.54) is 0 Å². The molecule has 1 aliphatic carbocycles. The van der Waals surface area contributed by atoms with E-state index in [-0.39, 0.29) is 24.1 Å². The highest BCUT2D eigenvalue weighted by Gasteiger charge is 2.29. The molecule has 1 saturated heterocycles. The molecule has 2 N–H and O–H groups in total. The predicted octanol–water partition coefficient (Wildman–Crippen LogP) is 3.51. The van der Waals surface area contributed by atoms with Crippen LogP contribution in [-0.2, 0) is 25.7 Å². The first-order valence-electron chi connectivity index (χ1n) is 13.6. The highest BCUT2D eigenvalue weighted by atomic mass is 19.1. The Labute approximate surface area is 228 Å². The van der Waals surface area contributed by atoms with Gasteiger partial charge in [-0.3, -0.25) is 25.4 Å². The van der Waals surface area contributed by atoms with E-state index in [4.69, 9.17) is 9.57 Å². The van der Waals surface area contributed by atoms with Gasteiger partial charge in [0.2, 0.25) is 18.1 Å². The maximum atomic E-state index is 15.4. The molecule has 1 aliphatic heterocycles. The van der Waals surface area contributed by atoms with Crippen molar-refractivity contribution >= 4 is 24.0 Å². The van der Waals surface area contributed by atoms with Crippen LogP contribution in [0.25, 0.3) is 0 Å². The summed E-state index contributed by atoms with van der Waals surface area (Å²) in [5.41, 5.74) is 6.22. The van der Waals surface area contributed by atoms with Crippen molar-refractivity contribution in [1.82, 2.24) is 25.4 Å². The second-order valence-electron chi connectivity index (χ2n) is 10.3. The lowest BCUT2D eigenvalue weighted by molar-refractivity contribution is -0.276. The minimum Gasteiger partial charge on any atom is -0.353 e. The Hall–Kier alpha value is -3.38. The number of hydrazine groups is 1.